The second-order valence-electron chi connectivity index (χ2n) is 16.4. The summed E-state index contributed by atoms with van der Waals surface area (Å²) in [6.45, 7) is 4.74. The first-order valence-corrected chi connectivity index (χ1v) is 20.1. The van der Waals surface area contributed by atoms with Crippen LogP contribution in [0.5, 0.6) is 0 Å². The first-order chi connectivity index (χ1) is 28.0. The molecule has 0 N–H and O–H groups in total. The molecule has 57 heavy (non-hydrogen) atoms. The molecule has 1 nitrogen and oxygen atoms in total. The van der Waals surface area contributed by atoms with Crippen LogP contribution in [-0.2, 0) is 10.8 Å². The van der Waals surface area contributed by atoms with Crippen molar-refractivity contribution in [2.24, 2.45) is 0 Å². The highest BCUT2D eigenvalue weighted by Gasteiger charge is 2.52. The highest BCUT2D eigenvalue weighted by Crippen LogP contribution is 2.64. The van der Waals surface area contributed by atoms with E-state index in [0.717, 1.165) is 11.4 Å². The lowest BCUT2D eigenvalue weighted by Crippen LogP contribution is -2.26. The molecule has 9 aromatic carbocycles. The van der Waals surface area contributed by atoms with E-state index in [1.165, 1.54) is 94.3 Å². The van der Waals surface area contributed by atoms with E-state index in [1.807, 2.05) is 0 Å². The van der Waals surface area contributed by atoms with Crippen LogP contribution in [0, 0.1) is 0 Å². The predicted octanol–water partition coefficient (Wildman–Crippen LogP) is 14.6. The second kappa shape index (κ2) is 11.8. The Kier molecular flexibility index (Phi) is 6.67. The Balaban J connectivity index is 1.12. The number of anilines is 3. The SMILES string of the molecule is CC1(C)c2ccccc2-c2c(N(c3ccc(-c4ccccc4)cc3)c3ccc4c(c3)-c3ccccc3C43c4ccccc4-c4cc5ccccc5cc43)cccc21. The summed E-state index contributed by atoms with van der Waals surface area (Å²) in [5.74, 6) is 0. The molecule has 1 unspecified atom stereocenters. The van der Waals surface area contributed by atoms with Crippen molar-refractivity contribution < 1.29 is 0 Å². The third-order valence-electron chi connectivity index (χ3n) is 13.3. The zero-order valence-electron chi connectivity index (χ0n) is 32.0. The van der Waals surface area contributed by atoms with Crippen LogP contribution in [-0.4, -0.2) is 0 Å². The number of rotatable bonds is 4. The van der Waals surface area contributed by atoms with Crippen LogP contribution in [0.15, 0.2) is 200 Å². The smallest absolute Gasteiger partial charge is 0.0725 e. The van der Waals surface area contributed by atoms with Crippen LogP contribution in [0.4, 0.5) is 17.1 Å². The largest absolute Gasteiger partial charge is 0.310 e. The van der Waals surface area contributed by atoms with Crippen molar-refractivity contribution in [1.82, 2.24) is 0 Å². The Morgan fingerprint density at radius 3 is 1.58 bits per heavy atom. The minimum absolute atomic E-state index is 0.110. The molecule has 0 amide bonds. The second-order valence-corrected chi connectivity index (χ2v) is 16.4. The topological polar surface area (TPSA) is 3.24 Å². The molecule has 0 saturated heterocycles. The summed E-state index contributed by atoms with van der Waals surface area (Å²) in [6, 6.07) is 74.9. The van der Waals surface area contributed by atoms with Crippen molar-refractivity contribution in [2.45, 2.75) is 24.7 Å². The lowest BCUT2D eigenvalue weighted by Gasteiger charge is -2.32. The maximum atomic E-state index is 2.50. The molecule has 9 aromatic rings. The predicted molar refractivity (Wildman–Crippen MR) is 238 cm³/mol. The quantitative estimate of drug-likeness (QED) is 0.175. The standard InChI is InChI=1S/C56H39N/c1-55(2)47-22-11-10-21-44(47)54-51(55)25-14-26-53(54)57(40-29-27-37(28-30-40)36-15-4-3-5-16-36)41-31-32-50-46(35-41)43-20-9-13-24-49(43)56(50)48-23-12-8-19-42(48)45-33-38-17-6-7-18-39(38)34-52(45)56/h3-35H,1-2H3. The molecule has 0 radical (unpaired) electrons. The summed E-state index contributed by atoms with van der Waals surface area (Å²) in [6.07, 6.45) is 0. The molecule has 1 atom stereocenters. The average Bonchev–Trinajstić information content (AvgIpc) is 3.82. The van der Waals surface area contributed by atoms with Gasteiger partial charge in [-0.25, -0.2) is 0 Å². The summed E-state index contributed by atoms with van der Waals surface area (Å²) >= 11 is 0. The van der Waals surface area contributed by atoms with Crippen LogP contribution in [0.3, 0.4) is 0 Å². The molecule has 0 aromatic heterocycles. The molecule has 0 saturated carbocycles. The van der Waals surface area contributed by atoms with Gasteiger partial charge < -0.3 is 4.90 Å². The molecule has 3 aliphatic carbocycles. The van der Waals surface area contributed by atoms with Gasteiger partial charge in [-0.15, -0.1) is 0 Å². The number of fused-ring (bicyclic) bond motifs is 14. The molecule has 0 bridgehead atoms. The molecule has 1 spiro atoms. The highest BCUT2D eigenvalue weighted by atomic mass is 15.1. The van der Waals surface area contributed by atoms with Crippen molar-refractivity contribution >= 4 is 27.8 Å². The Morgan fingerprint density at radius 1 is 0.333 bits per heavy atom. The number of nitrogens with zero attached hydrogens (tertiary/aromatic N) is 1. The van der Waals surface area contributed by atoms with Crippen LogP contribution >= 0.6 is 0 Å². The fourth-order valence-corrected chi connectivity index (χ4v) is 10.7. The third kappa shape index (κ3) is 4.34. The van der Waals surface area contributed by atoms with Crippen molar-refractivity contribution in [1.29, 1.82) is 0 Å². The van der Waals surface area contributed by atoms with Gasteiger partial charge in [0.05, 0.1) is 11.1 Å². The minimum Gasteiger partial charge on any atom is -0.310 e. The van der Waals surface area contributed by atoms with E-state index in [9.17, 15) is 0 Å². The van der Waals surface area contributed by atoms with Gasteiger partial charge in [-0.1, -0.05) is 172 Å². The van der Waals surface area contributed by atoms with Crippen molar-refractivity contribution in [3.8, 4) is 44.5 Å². The molecule has 1 heteroatoms. The normalized spacial score (nSPS) is 16.1. The summed E-state index contributed by atoms with van der Waals surface area (Å²) in [4.78, 5) is 2.50. The minimum atomic E-state index is -0.417. The van der Waals surface area contributed by atoms with Gasteiger partial charge in [-0.3, -0.25) is 0 Å². The monoisotopic (exact) mass is 725 g/mol. The van der Waals surface area contributed by atoms with Gasteiger partial charge in [0.15, 0.2) is 0 Å². The van der Waals surface area contributed by atoms with Crippen molar-refractivity contribution in [2.75, 3.05) is 4.90 Å². The molecular formula is C56H39N. The molecule has 3 aliphatic rings. The highest BCUT2D eigenvalue weighted by molar-refractivity contribution is 6.01. The Morgan fingerprint density at radius 2 is 0.860 bits per heavy atom. The van der Waals surface area contributed by atoms with Crippen molar-refractivity contribution in [3.63, 3.8) is 0 Å². The van der Waals surface area contributed by atoms with E-state index >= 15 is 0 Å². The Bertz CT molecular complexity index is 3100. The van der Waals surface area contributed by atoms with E-state index in [1.54, 1.807) is 0 Å². The molecular weight excluding hydrogens is 687 g/mol. The third-order valence-corrected chi connectivity index (χ3v) is 13.3. The molecule has 12 rings (SSSR count). The van der Waals surface area contributed by atoms with E-state index < -0.39 is 5.41 Å². The molecule has 0 aliphatic heterocycles. The number of hydrogen-bond acceptors (Lipinski definition) is 1. The summed E-state index contributed by atoms with van der Waals surface area (Å²) in [7, 11) is 0. The van der Waals surface area contributed by atoms with Crippen LogP contribution in [0.2, 0.25) is 0 Å². The first kappa shape index (κ1) is 32.3. The molecule has 0 heterocycles. The van der Waals surface area contributed by atoms with E-state index in [4.69, 9.17) is 0 Å². The van der Waals surface area contributed by atoms with Gasteiger partial charge in [0.1, 0.15) is 0 Å². The maximum absolute atomic E-state index is 2.50. The van der Waals surface area contributed by atoms with Gasteiger partial charge >= 0.3 is 0 Å². The maximum Gasteiger partial charge on any atom is 0.0725 e. The zero-order valence-corrected chi connectivity index (χ0v) is 32.0. The Labute approximate surface area is 334 Å². The Hall–Kier alpha value is -6.96. The van der Waals surface area contributed by atoms with E-state index in [-0.39, 0.29) is 5.41 Å². The van der Waals surface area contributed by atoms with Gasteiger partial charge in [0, 0.05) is 22.4 Å². The number of benzene rings is 9. The van der Waals surface area contributed by atoms with Gasteiger partial charge in [0.25, 0.3) is 0 Å². The summed E-state index contributed by atoms with van der Waals surface area (Å²) in [5.41, 5.74) is 21.4. The first-order valence-electron chi connectivity index (χ1n) is 20.1. The van der Waals surface area contributed by atoms with Gasteiger partial charge in [-0.2, -0.15) is 0 Å². The zero-order chi connectivity index (χ0) is 37.9. The summed E-state index contributed by atoms with van der Waals surface area (Å²) in [5, 5.41) is 2.55. The fraction of sp³-hybridized carbons (Fsp3) is 0.0714. The summed E-state index contributed by atoms with van der Waals surface area (Å²) < 4.78 is 0. The van der Waals surface area contributed by atoms with E-state index in [0.29, 0.717) is 0 Å². The van der Waals surface area contributed by atoms with Crippen LogP contribution in [0.25, 0.3) is 55.3 Å². The molecule has 0 fully saturated rings. The average molecular weight is 726 g/mol. The van der Waals surface area contributed by atoms with Crippen molar-refractivity contribution in [3.05, 3.63) is 234 Å². The van der Waals surface area contributed by atoms with Gasteiger partial charge in [-0.05, 0) is 126 Å². The lowest BCUT2D eigenvalue weighted by molar-refractivity contribution is 0.660. The van der Waals surface area contributed by atoms with Crippen LogP contribution < -0.4 is 4.90 Å². The van der Waals surface area contributed by atoms with E-state index in [2.05, 4.69) is 219 Å². The lowest BCUT2D eigenvalue weighted by atomic mass is 9.70. The molecule has 268 valence electrons. The van der Waals surface area contributed by atoms with Crippen LogP contribution in [0.1, 0.15) is 47.2 Å². The van der Waals surface area contributed by atoms with Gasteiger partial charge in [0.2, 0.25) is 0 Å². The number of hydrogen-bond donors (Lipinski definition) is 0. The fourth-order valence-electron chi connectivity index (χ4n) is 10.7.